The SMILES string of the molecule is CO[Si](OC)(OC)OCc1ccc(-c2ccccc2)cc1. The van der Waals surface area contributed by atoms with E-state index in [9.17, 15) is 0 Å². The van der Waals surface area contributed by atoms with E-state index in [0.29, 0.717) is 6.61 Å². The van der Waals surface area contributed by atoms with Gasteiger partial charge in [0.1, 0.15) is 0 Å². The molecule has 0 unspecified atom stereocenters. The summed E-state index contributed by atoms with van der Waals surface area (Å²) in [6, 6.07) is 18.5. The van der Waals surface area contributed by atoms with Gasteiger partial charge in [-0.3, -0.25) is 0 Å². The molecule has 2 aromatic carbocycles. The molecule has 2 rings (SSSR count). The minimum Gasteiger partial charge on any atom is -0.355 e. The molecule has 0 saturated heterocycles. The molecule has 21 heavy (non-hydrogen) atoms. The topological polar surface area (TPSA) is 36.9 Å². The van der Waals surface area contributed by atoms with Gasteiger partial charge in [0.25, 0.3) is 0 Å². The van der Waals surface area contributed by atoms with Crippen molar-refractivity contribution in [3.05, 3.63) is 60.2 Å². The fraction of sp³-hybridized carbons (Fsp3) is 0.250. The largest absolute Gasteiger partial charge is 0.679 e. The van der Waals surface area contributed by atoms with Crippen LogP contribution in [-0.2, 0) is 24.3 Å². The predicted molar refractivity (Wildman–Crippen MR) is 83.4 cm³/mol. The van der Waals surface area contributed by atoms with Crippen molar-refractivity contribution in [3.8, 4) is 11.1 Å². The van der Waals surface area contributed by atoms with Crippen molar-refractivity contribution in [2.24, 2.45) is 0 Å². The van der Waals surface area contributed by atoms with Crippen molar-refractivity contribution in [1.29, 1.82) is 0 Å². The molecule has 0 bridgehead atoms. The summed E-state index contributed by atoms with van der Waals surface area (Å²) in [5, 5.41) is 0. The molecule has 2 aromatic rings. The number of benzene rings is 2. The van der Waals surface area contributed by atoms with E-state index in [0.717, 1.165) is 5.56 Å². The smallest absolute Gasteiger partial charge is 0.355 e. The van der Waals surface area contributed by atoms with Gasteiger partial charge in [-0.1, -0.05) is 54.6 Å². The third-order valence-corrected chi connectivity index (χ3v) is 5.22. The first kappa shape index (κ1) is 15.9. The first-order valence-corrected chi connectivity index (χ1v) is 8.30. The second-order valence-electron chi connectivity index (χ2n) is 4.46. The number of hydrogen-bond donors (Lipinski definition) is 0. The summed E-state index contributed by atoms with van der Waals surface area (Å²) in [4.78, 5) is 0. The van der Waals surface area contributed by atoms with Crippen LogP contribution in [0.1, 0.15) is 5.56 Å². The van der Waals surface area contributed by atoms with Crippen molar-refractivity contribution in [2.75, 3.05) is 21.3 Å². The monoisotopic (exact) mass is 304 g/mol. The van der Waals surface area contributed by atoms with E-state index < -0.39 is 9.05 Å². The van der Waals surface area contributed by atoms with Gasteiger partial charge in [-0.2, -0.15) is 0 Å². The van der Waals surface area contributed by atoms with Gasteiger partial charge in [0.15, 0.2) is 0 Å². The highest BCUT2D eigenvalue weighted by Gasteiger charge is 2.42. The third-order valence-electron chi connectivity index (χ3n) is 3.23. The Bertz CT molecular complexity index is 530. The number of hydrogen-bond acceptors (Lipinski definition) is 4. The zero-order valence-electron chi connectivity index (χ0n) is 12.5. The van der Waals surface area contributed by atoms with E-state index in [1.54, 1.807) is 0 Å². The molecule has 0 heterocycles. The van der Waals surface area contributed by atoms with Crippen LogP contribution in [0.25, 0.3) is 11.1 Å². The van der Waals surface area contributed by atoms with Crippen molar-refractivity contribution < 1.29 is 17.7 Å². The van der Waals surface area contributed by atoms with Crippen LogP contribution in [0.15, 0.2) is 54.6 Å². The molecule has 0 aromatic heterocycles. The molecule has 5 heteroatoms. The zero-order valence-corrected chi connectivity index (χ0v) is 13.5. The summed E-state index contributed by atoms with van der Waals surface area (Å²) >= 11 is 0. The van der Waals surface area contributed by atoms with Crippen LogP contribution < -0.4 is 0 Å². The van der Waals surface area contributed by atoms with Crippen LogP contribution in [0.3, 0.4) is 0 Å². The Morgan fingerprint density at radius 1 is 0.714 bits per heavy atom. The summed E-state index contributed by atoms with van der Waals surface area (Å²) in [5.74, 6) is 0. The predicted octanol–water partition coefficient (Wildman–Crippen LogP) is 3.25. The molecule has 0 aliphatic rings. The normalized spacial score (nSPS) is 11.6. The molecule has 0 spiro atoms. The maximum atomic E-state index is 5.68. The van der Waals surface area contributed by atoms with Crippen LogP contribution in [-0.4, -0.2) is 30.4 Å². The van der Waals surface area contributed by atoms with E-state index in [2.05, 4.69) is 24.3 Å². The van der Waals surface area contributed by atoms with Gasteiger partial charge in [-0.25, -0.2) is 0 Å². The van der Waals surface area contributed by atoms with Crippen LogP contribution in [0, 0.1) is 0 Å². The van der Waals surface area contributed by atoms with Crippen LogP contribution >= 0.6 is 0 Å². The highest BCUT2D eigenvalue weighted by Crippen LogP contribution is 2.20. The molecule has 0 radical (unpaired) electrons. The Balaban J connectivity index is 2.03. The summed E-state index contributed by atoms with van der Waals surface area (Å²) in [7, 11) is 1.60. The average molecular weight is 304 g/mol. The summed E-state index contributed by atoms with van der Waals surface area (Å²) < 4.78 is 21.4. The highest BCUT2D eigenvalue weighted by atomic mass is 28.4. The lowest BCUT2D eigenvalue weighted by Crippen LogP contribution is -2.46. The van der Waals surface area contributed by atoms with Gasteiger partial charge in [0, 0.05) is 21.3 Å². The Hall–Kier alpha value is -1.50. The van der Waals surface area contributed by atoms with Crippen molar-refractivity contribution >= 4 is 9.05 Å². The summed E-state index contributed by atoms with van der Waals surface area (Å²) in [6.45, 7) is 0.386. The van der Waals surface area contributed by atoms with Crippen LogP contribution in [0.2, 0.25) is 0 Å². The lowest BCUT2D eigenvalue weighted by atomic mass is 10.0. The van der Waals surface area contributed by atoms with Crippen molar-refractivity contribution in [2.45, 2.75) is 6.61 Å². The van der Waals surface area contributed by atoms with Gasteiger partial charge < -0.3 is 17.7 Å². The lowest BCUT2D eigenvalue weighted by molar-refractivity contribution is 0.000622. The average Bonchev–Trinajstić information content (AvgIpc) is 2.58. The standard InChI is InChI=1S/C16H20O4Si/c1-17-21(18-2,19-3)20-13-14-9-11-16(12-10-14)15-7-5-4-6-8-15/h4-12H,13H2,1-3H3. The lowest BCUT2D eigenvalue weighted by Gasteiger charge is -2.22. The minimum absolute atomic E-state index is 0.386. The molecule has 0 atom stereocenters. The van der Waals surface area contributed by atoms with E-state index >= 15 is 0 Å². The Labute approximate surface area is 126 Å². The van der Waals surface area contributed by atoms with E-state index in [1.165, 1.54) is 32.5 Å². The maximum absolute atomic E-state index is 5.68. The molecule has 0 amide bonds. The van der Waals surface area contributed by atoms with Gasteiger partial charge in [0.2, 0.25) is 0 Å². The van der Waals surface area contributed by atoms with Gasteiger partial charge in [-0.15, -0.1) is 0 Å². The fourth-order valence-corrected chi connectivity index (χ4v) is 3.22. The third kappa shape index (κ3) is 4.00. The summed E-state index contributed by atoms with van der Waals surface area (Å²) in [5.41, 5.74) is 3.41. The van der Waals surface area contributed by atoms with Crippen molar-refractivity contribution in [1.82, 2.24) is 0 Å². The van der Waals surface area contributed by atoms with Gasteiger partial charge >= 0.3 is 9.05 Å². The Morgan fingerprint density at radius 2 is 1.24 bits per heavy atom. The molecule has 0 aliphatic heterocycles. The van der Waals surface area contributed by atoms with E-state index in [1.807, 2.05) is 30.3 Å². The second-order valence-corrected chi connectivity index (χ2v) is 6.98. The second kappa shape index (κ2) is 7.49. The molecule has 0 saturated carbocycles. The Morgan fingerprint density at radius 3 is 1.76 bits per heavy atom. The molecule has 112 valence electrons. The van der Waals surface area contributed by atoms with E-state index in [-0.39, 0.29) is 0 Å². The van der Waals surface area contributed by atoms with Gasteiger partial charge in [-0.05, 0) is 16.7 Å². The summed E-state index contributed by atoms with van der Waals surface area (Å²) in [6.07, 6.45) is 0. The number of rotatable bonds is 7. The maximum Gasteiger partial charge on any atom is 0.679 e. The molecular formula is C16H20O4Si. The molecule has 0 aliphatic carbocycles. The quantitative estimate of drug-likeness (QED) is 0.736. The highest BCUT2D eigenvalue weighted by molar-refractivity contribution is 6.53. The first-order valence-electron chi connectivity index (χ1n) is 6.67. The van der Waals surface area contributed by atoms with Crippen LogP contribution in [0.4, 0.5) is 0 Å². The molecule has 0 N–H and O–H groups in total. The minimum atomic E-state index is -2.98. The van der Waals surface area contributed by atoms with Crippen LogP contribution in [0.5, 0.6) is 0 Å². The first-order chi connectivity index (χ1) is 10.2. The molecule has 4 nitrogen and oxygen atoms in total. The molecule has 0 fully saturated rings. The Kier molecular flexibility index (Phi) is 5.66. The fourth-order valence-electron chi connectivity index (χ4n) is 2.02. The zero-order chi connectivity index (χ0) is 15.1. The van der Waals surface area contributed by atoms with Crippen molar-refractivity contribution in [3.63, 3.8) is 0 Å². The van der Waals surface area contributed by atoms with E-state index in [4.69, 9.17) is 17.7 Å². The molecular weight excluding hydrogens is 284 g/mol. The van der Waals surface area contributed by atoms with Gasteiger partial charge in [0.05, 0.1) is 6.61 Å².